The number of carbonyl (C=O) groups excluding carboxylic acids is 1. The zero-order valence-corrected chi connectivity index (χ0v) is 11.2. The molecular formula is C13H19ClN2O2. The molecule has 0 spiro atoms. The molecule has 100 valence electrons. The molecule has 0 aliphatic heterocycles. The summed E-state index contributed by atoms with van der Waals surface area (Å²) in [6, 6.07) is 4.36. The second-order valence-corrected chi connectivity index (χ2v) is 4.62. The molecule has 0 aliphatic carbocycles. The van der Waals surface area contributed by atoms with E-state index in [0.717, 1.165) is 19.3 Å². The van der Waals surface area contributed by atoms with Crippen LogP contribution in [0.4, 0.5) is 0 Å². The van der Waals surface area contributed by atoms with Gasteiger partial charge in [0.25, 0.3) is 5.91 Å². The van der Waals surface area contributed by atoms with Gasteiger partial charge < -0.3 is 16.2 Å². The number of rotatable bonds is 6. The summed E-state index contributed by atoms with van der Waals surface area (Å²) in [5.41, 5.74) is 6.04. The molecule has 0 saturated heterocycles. The molecule has 0 heterocycles. The zero-order valence-electron chi connectivity index (χ0n) is 10.4. The number of hydrogen-bond acceptors (Lipinski definition) is 3. The minimum atomic E-state index is -0.219. The number of unbranched alkanes of at least 4 members (excludes halogenated alkanes) is 1. The van der Waals surface area contributed by atoms with E-state index in [0.29, 0.717) is 12.1 Å². The predicted molar refractivity (Wildman–Crippen MR) is 73.0 cm³/mol. The van der Waals surface area contributed by atoms with E-state index in [-0.39, 0.29) is 22.7 Å². The van der Waals surface area contributed by atoms with Crippen LogP contribution in [0.1, 0.15) is 36.5 Å². The average molecular weight is 271 g/mol. The molecule has 18 heavy (non-hydrogen) atoms. The first-order valence-electron chi connectivity index (χ1n) is 6.08. The van der Waals surface area contributed by atoms with Crippen LogP contribution in [0.5, 0.6) is 5.75 Å². The lowest BCUT2D eigenvalue weighted by atomic mass is 10.1. The normalized spacial score (nSPS) is 12.2. The highest BCUT2D eigenvalue weighted by Crippen LogP contribution is 2.23. The Morgan fingerprint density at radius 1 is 1.56 bits per heavy atom. The summed E-state index contributed by atoms with van der Waals surface area (Å²) in [6.07, 6.45) is 2.96. The maximum absolute atomic E-state index is 11.9. The van der Waals surface area contributed by atoms with Gasteiger partial charge in [-0.3, -0.25) is 4.79 Å². The molecule has 4 nitrogen and oxygen atoms in total. The van der Waals surface area contributed by atoms with E-state index < -0.39 is 0 Å². The molecular weight excluding hydrogens is 252 g/mol. The van der Waals surface area contributed by atoms with Gasteiger partial charge in [-0.15, -0.1) is 0 Å². The number of nitrogens with two attached hydrogens (primary N) is 1. The maximum atomic E-state index is 11.9. The first-order chi connectivity index (χ1) is 8.58. The van der Waals surface area contributed by atoms with Crippen molar-refractivity contribution in [2.75, 3.05) is 6.54 Å². The van der Waals surface area contributed by atoms with Crippen molar-refractivity contribution in [3.05, 3.63) is 28.8 Å². The van der Waals surface area contributed by atoms with Crippen molar-refractivity contribution in [1.82, 2.24) is 5.32 Å². The second-order valence-electron chi connectivity index (χ2n) is 4.21. The lowest BCUT2D eigenvalue weighted by Crippen LogP contribution is -2.40. The highest BCUT2D eigenvalue weighted by atomic mass is 35.5. The quantitative estimate of drug-likeness (QED) is 0.742. The molecule has 0 aliphatic rings. The summed E-state index contributed by atoms with van der Waals surface area (Å²) >= 11 is 5.76. The van der Waals surface area contributed by atoms with Crippen molar-refractivity contribution in [1.29, 1.82) is 0 Å². The van der Waals surface area contributed by atoms with E-state index in [2.05, 4.69) is 12.2 Å². The van der Waals surface area contributed by atoms with Gasteiger partial charge in [0.05, 0.1) is 5.02 Å². The van der Waals surface area contributed by atoms with Gasteiger partial charge >= 0.3 is 0 Å². The SMILES string of the molecule is CCCCC(CN)NC(=O)c1ccc(O)c(Cl)c1. The van der Waals surface area contributed by atoms with Gasteiger partial charge in [-0.2, -0.15) is 0 Å². The van der Waals surface area contributed by atoms with E-state index in [9.17, 15) is 9.90 Å². The summed E-state index contributed by atoms with van der Waals surface area (Å²) in [5.74, 6) is -0.252. The van der Waals surface area contributed by atoms with E-state index in [1.54, 1.807) is 0 Å². The number of carbonyl (C=O) groups is 1. The molecule has 0 bridgehead atoms. The summed E-state index contributed by atoms with van der Waals surface area (Å²) in [7, 11) is 0. The van der Waals surface area contributed by atoms with Gasteiger partial charge in [0.15, 0.2) is 0 Å². The third kappa shape index (κ3) is 4.20. The summed E-state index contributed by atoms with van der Waals surface area (Å²) in [4.78, 5) is 11.9. The van der Waals surface area contributed by atoms with Crippen molar-refractivity contribution in [3.63, 3.8) is 0 Å². The van der Waals surface area contributed by atoms with Gasteiger partial charge in [0.1, 0.15) is 5.75 Å². The third-order valence-electron chi connectivity index (χ3n) is 2.74. The van der Waals surface area contributed by atoms with Crippen molar-refractivity contribution >= 4 is 17.5 Å². The number of amides is 1. The first-order valence-corrected chi connectivity index (χ1v) is 6.45. The van der Waals surface area contributed by atoms with E-state index in [1.807, 2.05) is 0 Å². The van der Waals surface area contributed by atoms with E-state index >= 15 is 0 Å². The molecule has 1 atom stereocenters. The molecule has 1 unspecified atom stereocenters. The topological polar surface area (TPSA) is 75.3 Å². The van der Waals surface area contributed by atoms with Crippen LogP contribution in [0.2, 0.25) is 5.02 Å². The molecule has 1 amide bonds. The fraction of sp³-hybridized carbons (Fsp3) is 0.462. The molecule has 5 heteroatoms. The van der Waals surface area contributed by atoms with Crippen molar-refractivity contribution in [2.24, 2.45) is 5.73 Å². The van der Waals surface area contributed by atoms with Crippen molar-refractivity contribution in [3.8, 4) is 5.75 Å². The predicted octanol–water partition coefficient (Wildman–Crippen LogP) is 2.29. The Bertz CT molecular complexity index is 410. The van der Waals surface area contributed by atoms with Gasteiger partial charge in [-0.1, -0.05) is 31.4 Å². The third-order valence-corrected chi connectivity index (χ3v) is 3.04. The minimum absolute atomic E-state index is 0.0231. The summed E-state index contributed by atoms with van der Waals surface area (Å²) in [6.45, 7) is 2.51. The molecule has 0 aromatic heterocycles. The highest BCUT2D eigenvalue weighted by molar-refractivity contribution is 6.32. The Balaban J connectivity index is 2.65. The van der Waals surface area contributed by atoms with E-state index in [1.165, 1.54) is 18.2 Å². The number of halogens is 1. The average Bonchev–Trinajstić information content (AvgIpc) is 2.37. The fourth-order valence-electron chi connectivity index (χ4n) is 1.62. The molecule has 0 radical (unpaired) electrons. The monoisotopic (exact) mass is 270 g/mol. The molecule has 4 N–H and O–H groups in total. The molecule has 1 rings (SSSR count). The van der Waals surface area contributed by atoms with Crippen LogP contribution in [-0.2, 0) is 0 Å². The molecule has 0 fully saturated rings. The lowest BCUT2D eigenvalue weighted by molar-refractivity contribution is 0.0936. The van der Waals surface area contributed by atoms with Crippen LogP contribution >= 0.6 is 11.6 Å². The Morgan fingerprint density at radius 2 is 2.28 bits per heavy atom. The second kappa shape index (κ2) is 7.24. The summed E-state index contributed by atoms with van der Waals surface area (Å²) < 4.78 is 0. The smallest absolute Gasteiger partial charge is 0.251 e. The maximum Gasteiger partial charge on any atom is 0.251 e. The van der Waals surface area contributed by atoms with Crippen LogP contribution in [0.3, 0.4) is 0 Å². The van der Waals surface area contributed by atoms with Crippen LogP contribution in [0.15, 0.2) is 18.2 Å². The first kappa shape index (κ1) is 14.8. The number of phenolic OH excluding ortho intramolecular Hbond substituents is 1. The largest absolute Gasteiger partial charge is 0.506 e. The highest BCUT2D eigenvalue weighted by Gasteiger charge is 2.13. The van der Waals surface area contributed by atoms with Gasteiger partial charge in [0.2, 0.25) is 0 Å². The molecule has 1 aromatic carbocycles. The number of phenols is 1. The van der Waals surface area contributed by atoms with Crippen molar-refractivity contribution in [2.45, 2.75) is 32.2 Å². The van der Waals surface area contributed by atoms with Crippen LogP contribution < -0.4 is 11.1 Å². The number of nitrogens with one attached hydrogen (secondary N) is 1. The Labute approximate surface area is 112 Å². The Kier molecular flexibility index (Phi) is 5.95. The fourth-order valence-corrected chi connectivity index (χ4v) is 1.80. The Morgan fingerprint density at radius 3 is 2.83 bits per heavy atom. The number of aromatic hydroxyl groups is 1. The Hall–Kier alpha value is -1.26. The van der Waals surface area contributed by atoms with Crippen LogP contribution in [0.25, 0.3) is 0 Å². The lowest BCUT2D eigenvalue weighted by Gasteiger charge is -2.16. The standard InChI is InChI=1S/C13H19ClN2O2/c1-2-3-4-10(8-15)16-13(18)9-5-6-12(17)11(14)7-9/h5-7,10,17H,2-4,8,15H2,1H3,(H,16,18). The van der Waals surface area contributed by atoms with E-state index in [4.69, 9.17) is 17.3 Å². The number of benzene rings is 1. The summed E-state index contributed by atoms with van der Waals surface area (Å²) in [5, 5.41) is 12.3. The molecule has 1 aromatic rings. The molecule has 0 saturated carbocycles. The van der Waals surface area contributed by atoms with Gasteiger partial charge in [0, 0.05) is 18.2 Å². The van der Waals surface area contributed by atoms with Gasteiger partial charge in [-0.25, -0.2) is 0 Å². The van der Waals surface area contributed by atoms with Crippen LogP contribution in [-0.4, -0.2) is 23.6 Å². The number of hydrogen-bond donors (Lipinski definition) is 3. The van der Waals surface area contributed by atoms with Crippen LogP contribution in [0, 0.1) is 0 Å². The van der Waals surface area contributed by atoms with Gasteiger partial charge in [-0.05, 0) is 24.6 Å². The minimum Gasteiger partial charge on any atom is -0.506 e. The zero-order chi connectivity index (χ0) is 13.5. The van der Waals surface area contributed by atoms with Crippen molar-refractivity contribution < 1.29 is 9.90 Å².